The van der Waals surface area contributed by atoms with E-state index in [1.165, 1.54) is 90.0 Å². The van der Waals surface area contributed by atoms with E-state index in [4.69, 9.17) is 0 Å². The molecule has 96 heavy (non-hydrogen) atoms. The molecule has 4 fully saturated rings. The second-order valence-electron chi connectivity index (χ2n) is 35.5. The Bertz CT molecular complexity index is 3010. The van der Waals surface area contributed by atoms with Crippen LogP contribution in [0.5, 0.6) is 0 Å². The van der Waals surface area contributed by atoms with E-state index in [-0.39, 0.29) is 43.8 Å². The van der Waals surface area contributed by atoms with E-state index in [0.717, 1.165) is 77.0 Å². The van der Waals surface area contributed by atoms with Crippen LogP contribution in [0.2, 0.25) is 0 Å². The summed E-state index contributed by atoms with van der Waals surface area (Å²) in [6.45, 7) is 76.6. The predicted molar refractivity (Wildman–Crippen MR) is 423 cm³/mol. The van der Waals surface area contributed by atoms with E-state index in [9.17, 15) is 0 Å². The zero-order chi connectivity index (χ0) is 72.0. The number of rotatable bonds is 20. The Hall–Kier alpha value is -5.32. The van der Waals surface area contributed by atoms with Crippen molar-refractivity contribution in [2.24, 2.45) is 21.7 Å². The number of hydrogen-bond donors (Lipinski definition) is 0. The van der Waals surface area contributed by atoms with Crippen molar-refractivity contribution in [3.05, 3.63) is 163 Å². The lowest BCUT2D eigenvalue weighted by molar-refractivity contribution is 0.302. The Kier molecular flexibility index (Phi) is 24.0. The highest BCUT2D eigenvalue weighted by Crippen LogP contribution is 2.62. The van der Waals surface area contributed by atoms with Gasteiger partial charge in [-0.15, -0.1) is 0 Å². The first-order valence-electron chi connectivity index (χ1n) is 39.0. The molecule has 0 amide bonds. The summed E-state index contributed by atoms with van der Waals surface area (Å²) in [6, 6.07) is 28.1. The molecule has 0 atom stereocenters. The Morgan fingerprint density at radius 1 is 0.250 bits per heavy atom. The molecule has 8 rings (SSSR count). The Morgan fingerprint density at radius 3 is 0.479 bits per heavy atom. The average Bonchev–Trinajstić information content (AvgIpc) is 1.57. The van der Waals surface area contributed by atoms with Gasteiger partial charge in [0, 0.05) is 66.6 Å². The van der Waals surface area contributed by atoms with Crippen LogP contribution in [-0.4, -0.2) is 22.2 Å². The summed E-state index contributed by atoms with van der Waals surface area (Å²) in [5.41, 5.74) is 39.0. The minimum Gasteiger partial charge on any atom is -0.331 e. The minimum atomic E-state index is -0.0500. The molecule has 4 aromatic rings. The molecule has 0 saturated carbocycles. The molecule has 4 aromatic carbocycles. The molecule has 528 valence electrons. The first kappa shape index (κ1) is 78.0. The van der Waals surface area contributed by atoms with Gasteiger partial charge < -0.3 is 19.6 Å². The van der Waals surface area contributed by atoms with Crippen molar-refractivity contribution in [3.8, 4) is 0 Å². The molecule has 4 aliphatic heterocycles. The molecule has 0 N–H and O–H groups in total. The highest BCUT2D eigenvalue weighted by atomic mass is 15.3. The van der Waals surface area contributed by atoms with E-state index in [0.29, 0.717) is 47.3 Å². The van der Waals surface area contributed by atoms with Crippen LogP contribution in [0.4, 0.5) is 22.7 Å². The fourth-order valence-corrected chi connectivity index (χ4v) is 19.2. The molecular formula is C92H140N4. The summed E-state index contributed by atoms with van der Waals surface area (Å²) >= 11 is 0. The summed E-state index contributed by atoms with van der Waals surface area (Å²) in [5, 5.41) is 0. The van der Waals surface area contributed by atoms with Crippen LogP contribution >= 0.6 is 0 Å². The molecule has 0 aliphatic carbocycles. The van der Waals surface area contributed by atoms with E-state index >= 15 is 0 Å². The van der Waals surface area contributed by atoms with Gasteiger partial charge in [-0.2, -0.15) is 0 Å². The van der Waals surface area contributed by atoms with Crippen LogP contribution in [0.15, 0.2) is 119 Å². The third kappa shape index (κ3) is 14.0. The van der Waals surface area contributed by atoms with Crippen LogP contribution in [-0.2, 0) is 0 Å². The van der Waals surface area contributed by atoms with Gasteiger partial charge >= 0.3 is 0 Å². The van der Waals surface area contributed by atoms with Crippen molar-refractivity contribution >= 4 is 22.7 Å². The second kappa shape index (κ2) is 29.5. The SMILES string of the molecule is CCC1(CC)CC(C)(C)N(c2c(C(C)C)cccc2C(C)C)C1=C=C=C1N(c2c(C(C)C)cccc2C(C)C)C(C)(C)CC1(CC)CC.CCC1(CC)CC(C)(C)N(c2c(C(C)C)cccc2C(C)C)C1=C=C=C1N(c2c(C(C)C)cccc2C(C)C)C(C)(C)CC1(CC)CC. The topological polar surface area (TPSA) is 13.0 Å². The number of nitrogens with zero attached hydrogens (tertiary/aromatic N) is 4. The lowest BCUT2D eigenvalue weighted by Crippen LogP contribution is -2.39. The molecule has 0 radical (unpaired) electrons. The summed E-state index contributed by atoms with van der Waals surface area (Å²) in [7, 11) is 0. The molecule has 0 spiro atoms. The largest absolute Gasteiger partial charge is 0.331 e. The zero-order valence-corrected chi connectivity index (χ0v) is 67.8. The maximum absolute atomic E-state index is 4.13. The first-order chi connectivity index (χ1) is 44.8. The standard InChI is InChI=1S/2C46H70N2/c2*1-17-45(18-2)29-43(13,14)47(41-35(31(5)6)23-21-24-36(41)32(7)8)39(45)27-28-40-46(19-3,20-4)30-44(15,16)48(40)42-37(33(9)10)25-22-26-38(42)34(11)12/h2*21-26,31-34H,17-20,29-30H2,1-16H3. The number of hydrogen-bond acceptors (Lipinski definition) is 4. The summed E-state index contributed by atoms with van der Waals surface area (Å²) < 4.78 is 0. The number of para-hydroxylation sites is 4. The van der Waals surface area contributed by atoms with Gasteiger partial charge in [0.05, 0.1) is 22.8 Å². The molecule has 0 unspecified atom stereocenters. The van der Waals surface area contributed by atoms with Gasteiger partial charge in [-0.3, -0.25) is 0 Å². The molecular weight excluding hydrogens is 1160 g/mol. The van der Waals surface area contributed by atoms with Crippen molar-refractivity contribution in [2.75, 3.05) is 19.6 Å². The average molecular weight is 1300 g/mol. The lowest BCUT2D eigenvalue weighted by atomic mass is 9.75. The smallest absolute Gasteiger partial charge is 0.0761 e. The Balaban J connectivity index is 0.000000271. The molecule has 4 heteroatoms. The van der Waals surface area contributed by atoms with Crippen LogP contribution < -0.4 is 19.6 Å². The van der Waals surface area contributed by atoms with Gasteiger partial charge in [0.1, 0.15) is 0 Å². The van der Waals surface area contributed by atoms with Crippen LogP contribution in [0.3, 0.4) is 0 Å². The van der Waals surface area contributed by atoms with Gasteiger partial charge in [0.15, 0.2) is 0 Å². The van der Waals surface area contributed by atoms with Gasteiger partial charge in [-0.1, -0.05) is 239 Å². The van der Waals surface area contributed by atoms with Crippen molar-refractivity contribution in [1.29, 1.82) is 0 Å². The molecule has 4 saturated heterocycles. The fraction of sp³-hybridized carbons (Fsp3) is 0.652. The third-order valence-electron chi connectivity index (χ3n) is 24.7. The maximum Gasteiger partial charge on any atom is 0.0761 e. The molecule has 0 aromatic heterocycles. The second-order valence-corrected chi connectivity index (χ2v) is 35.5. The van der Waals surface area contributed by atoms with Gasteiger partial charge in [-0.05, 0) is 247 Å². The fourth-order valence-electron chi connectivity index (χ4n) is 19.2. The highest BCUT2D eigenvalue weighted by Gasteiger charge is 2.57. The van der Waals surface area contributed by atoms with Crippen molar-refractivity contribution in [3.63, 3.8) is 0 Å². The van der Waals surface area contributed by atoms with Crippen molar-refractivity contribution < 1.29 is 0 Å². The minimum absolute atomic E-state index is 0.0361. The molecule has 0 bridgehead atoms. The monoisotopic (exact) mass is 1300 g/mol. The Morgan fingerprint density at radius 2 is 0.375 bits per heavy atom. The van der Waals surface area contributed by atoms with Crippen LogP contribution in [0, 0.1) is 21.7 Å². The van der Waals surface area contributed by atoms with Crippen LogP contribution in [0.25, 0.3) is 0 Å². The number of anilines is 4. The van der Waals surface area contributed by atoms with Crippen LogP contribution in [0.1, 0.15) is 390 Å². The van der Waals surface area contributed by atoms with E-state index in [1.54, 1.807) is 0 Å². The quantitative estimate of drug-likeness (QED) is 0.0818. The zero-order valence-electron chi connectivity index (χ0n) is 67.8. The van der Waals surface area contributed by atoms with Gasteiger partial charge in [0.25, 0.3) is 0 Å². The first-order valence-corrected chi connectivity index (χ1v) is 39.0. The predicted octanol–water partition coefficient (Wildman–Crippen LogP) is 28.0. The highest BCUT2D eigenvalue weighted by molar-refractivity contribution is 5.74. The van der Waals surface area contributed by atoms with Crippen molar-refractivity contribution in [2.45, 2.75) is 368 Å². The summed E-state index contributed by atoms with van der Waals surface area (Å²) in [6.07, 6.45) is 13.2. The number of allylic oxidation sites excluding steroid dienone is 4. The Labute approximate surface area is 591 Å². The van der Waals surface area contributed by atoms with Gasteiger partial charge in [0.2, 0.25) is 0 Å². The third-order valence-corrected chi connectivity index (χ3v) is 24.7. The summed E-state index contributed by atoms with van der Waals surface area (Å²) in [4.78, 5) is 11.0. The summed E-state index contributed by atoms with van der Waals surface area (Å²) in [5.74, 6) is 3.42. The number of benzene rings is 4. The maximum atomic E-state index is 4.13. The molecule has 4 heterocycles. The normalized spacial score (nSPS) is 19.7. The molecule has 4 nitrogen and oxygen atoms in total. The lowest BCUT2D eigenvalue weighted by Gasteiger charge is -2.39. The van der Waals surface area contributed by atoms with Crippen molar-refractivity contribution in [1.82, 2.24) is 0 Å². The van der Waals surface area contributed by atoms with E-state index < -0.39 is 0 Å². The molecule has 4 aliphatic rings. The van der Waals surface area contributed by atoms with E-state index in [2.05, 4.69) is 337 Å². The van der Waals surface area contributed by atoms with E-state index in [1.807, 2.05) is 0 Å². The van der Waals surface area contributed by atoms with Gasteiger partial charge in [-0.25, -0.2) is 0 Å².